The first-order chi connectivity index (χ1) is 8.25. The second-order valence-corrected chi connectivity index (χ2v) is 3.81. The minimum atomic E-state index is -0.629. The molecule has 0 bridgehead atoms. The molecule has 1 unspecified atom stereocenters. The predicted molar refractivity (Wildman–Crippen MR) is 61.2 cm³/mol. The van der Waals surface area contributed by atoms with Gasteiger partial charge in [-0.05, 0) is 17.7 Å². The van der Waals surface area contributed by atoms with Gasteiger partial charge in [-0.1, -0.05) is 18.2 Å². The number of nitrogens with zero attached hydrogens (tertiary/aromatic N) is 1. The van der Waals surface area contributed by atoms with E-state index in [0.717, 1.165) is 16.5 Å². The number of urea groups is 1. The second kappa shape index (κ2) is 3.55. The molecule has 1 aliphatic rings. The second-order valence-electron chi connectivity index (χ2n) is 3.81. The van der Waals surface area contributed by atoms with Gasteiger partial charge in [0.05, 0.1) is 5.52 Å². The van der Waals surface area contributed by atoms with Crippen molar-refractivity contribution < 1.29 is 9.59 Å². The summed E-state index contributed by atoms with van der Waals surface area (Å²) < 4.78 is 0. The van der Waals surface area contributed by atoms with Crippen LogP contribution in [0.15, 0.2) is 36.5 Å². The van der Waals surface area contributed by atoms with Gasteiger partial charge in [0.25, 0.3) is 5.91 Å². The monoisotopic (exact) mass is 227 g/mol. The maximum atomic E-state index is 11.6. The summed E-state index contributed by atoms with van der Waals surface area (Å²) in [7, 11) is 0. The van der Waals surface area contributed by atoms with E-state index in [2.05, 4.69) is 15.6 Å². The Morgan fingerprint density at radius 1 is 1.12 bits per heavy atom. The lowest BCUT2D eigenvalue weighted by Crippen LogP contribution is -2.22. The Morgan fingerprint density at radius 2 is 1.94 bits per heavy atom. The number of nitrogens with one attached hydrogen (secondary N) is 2. The molecule has 1 aromatic heterocycles. The van der Waals surface area contributed by atoms with Crippen molar-refractivity contribution in [1.82, 2.24) is 15.6 Å². The van der Waals surface area contributed by atoms with Gasteiger partial charge in [-0.15, -0.1) is 0 Å². The Bertz CT molecular complexity index is 619. The van der Waals surface area contributed by atoms with Gasteiger partial charge in [0.15, 0.2) is 0 Å². The summed E-state index contributed by atoms with van der Waals surface area (Å²) in [5.74, 6) is -0.327. The zero-order chi connectivity index (χ0) is 11.8. The molecule has 1 fully saturated rings. The average molecular weight is 227 g/mol. The zero-order valence-electron chi connectivity index (χ0n) is 8.81. The molecule has 1 aliphatic heterocycles. The van der Waals surface area contributed by atoms with Gasteiger partial charge in [-0.3, -0.25) is 15.1 Å². The lowest BCUT2D eigenvalue weighted by atomic mass is 10.0. The fourth-order valence-corrected chi connectivity index (χ4v) is 2.01. The standard InChI is InChI=1S/C12H9N3O2/c16-11-10(14-12(17)15-11)8-5-6-13-9-4-2-1-3-7(8)9/h1-6,10H,(H2,14,15,16,17). The summed E-state index contributed by atoms with van der Waals surface area (Å²) >= 11 is 0. The number of para-hydroxylation sites is 1. The molecule has 1 saturated heterocycles. The van der Waals surface area contributed by atoms with Crippen LogP contribution in [0.2, 0.25) is 0 Å². The van der Waals surface area contributed by atoms with Gasteiger partial charge >= 0.3 is 6.03 Å². The Balaban J connectivity index is 2.17. The minimum absolute atomic E-state index is 0.327. The molecule has 0 saturated carbocycles. The van der Waals surface area contributed by atoms with E-state index in [4.69, 9.17) is 0 Å². The molecule has 3 amide bonds. The molecular weight excluding hydrogens is 218 g/mol. The van der Waals surface area contributed by atoms with Crippen LogP contribution in [-0.4, -0.2) is 16.9 Å². The van der Waals surface area contributed by atoms with Crippen molar-refractivity contribution in [3.63, 3.8) is 0 Å². The highest BCUT2D eigenvalue weighted by atomic mass is 16.2. The van der Waals surface area contributed by atoms with Gasteiger partial charge in [-0.2, -0.15) is 0 Å². The highest BCUT2D eigenvalue weighted by Crippen LogP contribution is 2.24. The first-order valence-electron chi connectivity index (χ1n) is 5.21. The third-order valence-corrected chi connectivity index (χ3v) is 2.77. The van der Waals surface area contributed by atoms with Crippen LogP contribution >= 0.6 is 0 Å². The van der Waals surface area contributed by atoms with E-state index < -0.39 is 12.1 Å². The molecule has 5 heteroatoms. The fourth-order valence-electron chi connectivity index (χ4n) is 2.01. The summed E-state index contributed by atoms with van der Waals surface area (Å²) in [6, 6.07) is 8.17. The number of carbonyl (C=O) groups is 2. The molecular formula is C12H9N3O2. The summed E-state index contributed by atoms with van der Waals surface area (Å²) in [5.41, 5.74) is 1.57. The van der Waals surface area contributed by atoms with Crippen molar-refractivity contribution in [1.29, 1.82) is 0 Å². The smallest absolute Gasteiger partial charge is 0.322 e. The van der Waals surface area contributed by atoms with Crippen LogP contribution in [0.5, 0.6) is 0 Å². The van der Waals surface area contributed by atoms with Crippen LogP contribution < -0.4 is 10.6 Å². The van der Waals surface area contributed by atoms with Crippen LogP contribution in [0.25, 0.3) is 10.9 Å². The van der Waals surface area contributed by atoms with E-state index in [1.54, 1.807) is 12.3 Å². The van der Waals surface area contributed by atoms with E-state index in [1.807, 2.05) is 24.3 Å². The van der Waals surface area contributed by atoms with Gasteiger partial charge < -0.3 is 5.32 Å². The number of aromatic nitrogens is 1. The van der Waals surface area contributed by atoms with Crippen LogP contribution in [0.3, 0.4) is 0 Å². The maximum absolute atomic E-state index is 11.6. The number of fused-ring (bicyclic) bond motifs is 1. The van der Waals surface area contributed by atoms with E-state index in [-0.39, 0.29) is 5.91 Å². The van der Waals surface area contributed by atoms with Crippen molar-refractivity contribution in [3.05, 3.63) is 42.1 Å². The Morgan fingerprint density at radius 3 is 2.71 bits per heavy atom. The molecule has 3 rings (SSSR count). The molecule has 0 aliphatic carbocycles. The molecule has 5 nitrogen and oxygen atoms in total. The van der Waals surface area contributed by atoms with Crippen molar-refractivity contribution in [2.45, 2.75) is 6.04 Å². The lowest BCUT2D eigenvalue weighted by Gasteiger charge is -2.10. The minimum Gasteiger partial charge on any atom is -0.322 e. The number of amides is 3. The molecule has 0 spiro atoms. The Hall–Kier alpha value is -2.43. The quantitative estimate of drug-likeness (QED) is 0.717. The van der Waals surface area contributed by atoms with Gasteiger partial charge in [0, 0.05) is 11.6 Å². The van der Waals surface area contributed by atoms with Crippen LogP contribution in [0, 0.1) is 0 Å². The van der Waals surface area contributed by atoms with E-state index in [9.17, 15) is 9.59 Å². The molecule has 2 aromatic rings. The Kier molecular flexibility index (Phi) is 2.04. The number of pyridine rings is 1. The summed E-state index contributed by atoms with van der Waals surface area (Å²) in [6.07, 6.45) is 1.63. The maximum Gasteiger partial charge on any atom is 0.322 e. The van der Waals surface area contributed by atoms with Crippen molar-refractivity contribution in [3.8, 4) is 0 Å². The van der Waals surface area contributed by atoms with E-state index in [1.165, 1.54) is 0 Å². The number of carbonyl (C=O) groups excluding carboxylic acids is 2. The SMILES string of the molecule is O=C1NC(=O)C(c2ccnc3ccccc23)N1. The zero-order valence-corrected chi connectivity index (χ0v) is 8.81. The molecule has 1 atom stereocenters. The molecule has 84 valence electrons. The fraction of sp³-hybridized carbons (Fsp3) is 0.0833. The summed E-state index contributed by atoms with van der Waals surface area (Å²) in [6.45, 7) is 0. The highest BCUT2D eigenvalue weighted by molar-refractivity contribution is 6.06. The Labute approximate surface area is 96.8 Å². The average Bonchev–Trinajstić information content (AvgIpc) is 2.68. The molecule has 0 radical (unpaired) electrons. The summed E-state index contributed by atoms with van der Waals surface area (Å²) in [4.78, 5) is 26.9. The van der Waals surface area contributed by atoms with E-state index in [0.29, 0.717) is 0 Å². The van der Waals surface area contributed by atoms with Crippen LogP contribution in [0.1, 0.15) is 11.6 Å². The van der Waals surface area contributed by atoms with Crippen molar-refractivity contribution in [2.75, 3.05) is 0 Å². The third-order valence-electron chi connectivity index (χ3n) is 2.77. The summed E-state index contributed by atoms with van der Waals surface area (Å²) in [5, 5.41) is 5.68. The van der Waals surface area contributed by atoms with Crippen molar-refractivity contribution >= 4 is 22.8 Å². The molecule has 1 aromatic carbocycles. The van der Waals surface area contributed by atoms with Gasteiger partial charge in [-0.25, -0.2) is 4.79 Å². The number of rotatable bonds is 1. The van der Waals surface area contributed by atoms with Gasteiger partial charge in [0.1, 0.15) is 6.04 Å². The molecule has 17 heavy (non-hydrogen) atoms. The van der Waals surface area contributed by atoms with Crippen molar-refractivity contribution in [2.24, 2.45) is 0 Å². The van der Waals surface area contributed by atoms with Crippen LogP contribution in [-0.2, 0) is 4.79 Å². The number of imide groups is 1. The first kappa shape index (κ1) is 9.77. The van der Waals surface area contributed by atoms with Gasteiger partial charge in [0.2, 0.25) is 0 Å². The highest BCUT2D eigenvalue weighted by Gasteiger charge is 2.31. The topological polar surface area (TPSA) is 71.1 Å². The predicted octanol–water partition coefficient (Wildman–Crippen LogP) is 1.12. The number of hydrogen-bond donors (Lipinski definition) is 2. The van der Waals surface area contributed by atoms with Crippen LogP contribution in [0.4, 0.5) is 4.79 Å². The number of hydrogen-bond acceptors (Lipinski definition) is 3. The van der Waals surface area contributed by atoms with E-state index >= 15 is 0 Å². The first-order valence-corrected chi connectivity index (χ1v) is 5.21. The molecule has 2 heterocycles. The molecule has 2 N–H and O–H groups in total. The lowest BCUT2D eigenvalue weighted by molar-refractivity contribution is -0.120. The largest absolute Gasteiger partial charge is 0.322 e. The normalized spacial score (nSPS) is 19.2. The number of benzene rings is 1. The third kappa shape index (κ3) is 1.52.